The van der Waals surface area contributed by atoms with Gasteiger partial charge in [0.1, 0.15) is 0 Å². The lowest BCUT2D eigenvalue weighted by Crippen LogP contribution is -1.86. The van der Waals surface area contributed by atoms with Crippen molar-refractivity contribution < 1.29 is 0 Å². The summed E-state index contributed by atoms with van der Waals surface area (Å²) < 4.78 is 1.10. The highest BCUT2D eigenvalue weighted by atomic mass is 79.9. The van der Waals surface area contributed by atoms with E-state index in [-0.39, 0.29) is 0 Å². The molecule has 0 N–H and O–H groups in total. The maximum absolute atomic E-state index is 3.58. The maximum Gasteiger partial charge on any atom is 0.0181 e. The van der Waals surface area contributed by atoms with Crippen LogP contribution in [0.15, 0.2) is 108 Å². The standard InChI is InChI=1S/C26H17Br/c27-22-10-6-9-19(16-22)20-13-14-23-21(15-20)17-26(18-7-2-1-3-8-18)25-12-5-4-11-24(23)25/h1-17H. The van der Waals surface area contributed by atoms with Gasteiger partial charge in [-0.3, -0.25) is 0 Å². The van der Waals surface area contributed by atoms with Gasteiger partial charge in [0.15, 0.2) is 0 Å². The Morgan fingerprint density at radius 2 is 1.15 bits per heavy atom. The molecule has 0 aliphatic carbocycles. The summed E-state index contributed by atoms with van der Waals surface area (Å²) in [5, 5.41) is 5.16. The number of hydrogen-bond donors (Lipinski definition) is 0. The van der Waals surface area contributed by atoms with Gasteiger partial charge in [0.2, 0.25) is 0 Å². The molecule has 0 saturated carbocycles. The Bertz CT molecular complexity index is 1270. The van der Waals surface area contributed by atoms with E-state index < -0.39 is 0 Å². The predicted molar refractivity (Wildman–Crippen MR) is 120 cm³/mol. The number of hydrogen-bond acceptors (Lipinski definition) is 0. The minimum Gasteiger partial charge on any atom is -0.0622 e. The first kappa shape index (κ1) is 16.3. The van der Waals surface area contributed by atoms with Crippen molar-refractivity contribution in [3.8, 4) is 22.3 Å². The molecule has 0 radical (unpaired) electrons. The van der Waals surface area contributed by atoms with Crippen LogP contribution in [0, 0.1) is 0 Å². The summed E-state index contributed by atoms with van der Waals surface area (Å²) >= 11 is 3.58. The van der Waals surface area contributed by atoms with Crippen molar-refractivity contribution in [3.63, 3.8) is 0 Å². The second kappa shape index (κ2) is 6.68. The Morgan fingerprint density at radius 1 is 0.444 bits per heavy atom. The summed E-state index contributed by atoms with van der Waals surface area (Å²) in [7, 11) is 0. The van der Waals surface area contributed by atoms with Gasteiger partial charge in [-0.25, -0.2) is 0 Å². The molecule has 1 heteroatoms. The Balaban J connectivity index is 1.82. The van der Waals surface area contributed by atoms with Crippen molar-refractivity contribution in [1.82, 2.24) is 0 Å². The van der Waals surface area contributed by atoms with Crippen LogP contribution in [-0.2, 0) is 0 Å². The summed E-state index contributed by atoms with van der Waals surface area (Å²) in [6.07, 6.45) is 0. The molecule has 0 aromatic heterocycles. The molecular formula is C26H17Br. The zero-order valence-corrected chi connectivity index (χ0v) is 16.3. The van der Waals surface area contributed by atoms with E-state index in [1.54, 1.807) is 0 Å². The molecule has 0 saturated heterocycles. The average molecular weight is 409 g/mol. The summed E-state index contributed by atoms with van der Waals surface area (Å²) in [6, 6.07) is 36.9. The molecule has 128 valence electrons. The first-order valence-corrected chi connectivity index (χ1v) is 9.86. The van der Waals surface area contributed by atoms with Crippen LogP contribution in [0.4, 0.5) is 0 Å². The molecule has 0 amide bonds. The Kier molecular flexibility index (Phi) is 4.03. The van der Waals surface area contributed by atoms with Gasteiger partial charge in [0, 0.05) is 4.47 Å². The van der Waals surface area contributed by atoms with Gasteiger partial charge in [0.25, 0.3) is 0 Å². The fourth-order valence-electron chi connectivity index (χ4n) is 3.82. The van der Waals surface area contributed by atoms with E-state index in [0.717, 1.165) is 4.47 Å². The molecule has 0 aliphatic rings. The largest absolute Gasteiger partial charge is 0.0622 e. The van der Waals surface area contributed by atoms with Crippen LogP contribution >= 0.6 is 15.9 Å². The first-order valence-electron chi connectivity index (χ1n) is 9.06. The minimum absolute atomic E-state index is 1.10. The topological polar surface area (TPSA) is 0 Å². The fourth-order valence-corrected chi connectivity index (χ4v) is 4.22. The highest BCUT2D eigenvalue weighted by molar-refractivity contribution is 9.10. The molecule has 0 aliphatic heterocycles. The molecule has 0 nitrogen and oxygen atoms in total. The van der Waals surface area contributed by atoms with E-state index in [4.69, 9.17) is 0 Å². The van der Waals surface area contributed by atoms with E-state index in [9.17, 15) is 0 Å². The number of rotatable bonds is 2. The summed E-state index contributed by atoms with van der Waals surface area (Å²) in [6.45, 7) is 0. The fraction of sp³-hybridized carbons (Fsp3) is 0. The van der Waals surface area contributed by atoms with Gasteiger partial charge >= 0.3 is 0 Å². The lowest BCUT2D eigenvalue weighted by Gasteiger charge is -2.12. The quantitative estimate of drug-likeness (QED) is 0.259. The lowest BCUT2D eigenvalue weighted by molar-refractivity contribution is 1.61. The van der Waals surface area contributed by atoms with E-state index in [2.05, 4.69) is 119 Å². The third-order valence-corrected chi connectivity index (χ3v) is 5.59. The maximum atomic E-state index is 3.58. The van der Waals surface area contributed by atoms with E-state index in [0.29, 0.717) is 0 Å². The van der Waals surface area contributed by atoms with Crippen molar-refractivity contribution in [3.05, 3.63) is 108 Å². The smallest absolute Gasteiger partial charge is 0.0181 e. The summed E-state index contributed by atoms with van der Waals surface area (Å²) in [5.41, 5.74) is 4.99. The molecule has 0 heterocycles. The van der Waals surface area contributed by atoms with Gasteiger partial charge in [-0.1, -0.05) is 94.8 Å². The second-order valence-corrected chi connectivity index (χ2v) is 7.70. The molecule has 0 fully saturated rings. The van der Waals surface area contributed by atoms with Gasteiger partial charge in [0.05, 0.1) is 0 Å². The van der Waals surface area contributed by atoms with Gasteiger partial charge in [-0.2, -0.15) is 0 Å². The predicted octanol–water partition coefficient (Wildman–Crippen LogP) is 8.09. The molecule has 0 unspecified atom stereocenters. The SMILES string of the molecule is Brc1cccc(-c2ccc3c(c2)cc(-c2ccccc2)c2ccccc23)c1. The van der Waals surface area contributed by atoms with Crippen molar-refractivity contribution in [2.45, 2.75) is 0 Å². The van der Waals surface area contributed by atoms with Crippen LogP contribution < -0.4 is 0 Å². The van der Waals surface area contributed by atoms with Crippen LogP contribution in [0.5, 0.6) is 0 Å². The lowest BCUT2D eigenvalue weighted by atomic mass is 9.92. The van der Waals surface area contributed by atoms with Crippen molar-refractivity contribution >= 4 is 37.5 Å². The number of benzene rings is 5. The Morgan fingerprint density at radius 3 is 1.96 bits per heavy atom. The zero-order chi connectivity index (χ0) is 18.2. The van der Waals surface area contributed by atoms with E-state index >= 15 is 0 Å². The van der Waals surface area contributed by atoms with E-state index in [1.165, 1.54) is 43.8 Å². The highest BCUT2D eigenvalue weighted by Gasteiger charge is 2.09. The summed E-state index contributed by atoms with van der Waals surface area (Å²) in [5.74, 6) is 0. The number of halogens is 1. The molecule has 5 aromatic carbocycles. The molecular weight excluding hydrogens is 392 g/mol. The van der Waals surface area contributed by atoms with Gasteiger partial charge in [-0.05, 0) is 68.1 Å². The van der Waals surface area contributed by atoms with Crippen LogP contribution in [0.3, 0.4) is 0 Å². The minimum atomic E-state index is 1.10. The van der Waals surface area contributed by atoms with E-state index in [1.807, 2.05) is 0 Å². The van der Waals surface area contributed by atoms with Crippen LogP contribution in [0.25, 0.3) is 43.8 Å². The molecule has 5 rings (SSSR count). The second-order valence-electron chi connectivity index (χ2n) is 6.78. The van der Waals surface area contributed by atoms with Crippen LogP contribution in [0.1, 0.15) is 0 Å². The van der Waals surface area contributed by atoms with Crippen molar-refractivity contribution in [2.75, 3.05) is 0 Å². The normalized spacial score (nSPS) is 11.1. The Hall–Kier alpha value is -2.90. The van der Waals surface area contributed by atoms with Gasteiger partial charge < -0.3 is 0 Å². The van der Waals surface area contributed by atoms with Crippen LogP contribution in [0.2, 0.25) is 0 Å². The average Bonchev–Trinajstić information content (AvgIpc) is 2.73. The molecule has 0 atom stereocenters. The third-order valence-electron chi connectivity index (χ3n) is 5.10. The highest BCUT2D eigenvalue weighted by Crippen LogP contribution is 2.36. The van der Waals surface area contributed by atoms with Crippen LogP contribution in [-0.4, -0.2) is 0 Å². The first-order chi connectivity index (χ1) is 13.3. The third kappa shape index (κ3) is 2.94. The van der Waals surface area contributed by atoms with Crippen molar-refractivity contribution in [2.24, 2.45) is 0 Å². The molecule has 27 heavy (non-hydrogen) atoms. The van der Waals surface area contributed by atoms with Gasteiger partial charge in [-0.15, -0.1) is 0 Å². The zero-order valence-electron chi connectivity index (χ0n) is 14.7. The molecule has 0 bridgehead atoms. The Labute approximate surface area is 167 Å². The molecule has 0 spiro atoms. The number of fused-ring (bicyclic) bond motifs is 3. The van der Waals surface area contributed by atoms with Crippen molar-refractivity contribution in [1.29, 1.82) is 0 Å². The monoisotopic (exact) mass is 408 g/mol. The summed E-state index contributed by atoms with van der Waals surface area (Å²) in [4.78, 5) is 0. The molecule has 5 aromatic rings.